The Morgan fingerprint density at radius 3 is 2.21 bits per heavy atom. The van der Waals surface area contributed by atoms with Gasteiger partial charge in [0.15, 0.2) is 0 Å². The first-order valence-corrected chi connectivity index (χ1v) is 5.77. The third-order valence-electron chi connectivity index (χ3n) is 3.01. The van der Waals surface area contributed by atoms with Crippen LogP contribution in [0.4, 0.5) is 0 Å². The lowest BCUT2D eigenvalue weighted by Gasteiger charge is -2.25. The first kappa shape index (κ1) is 13.5. The fraction of sp³-hybridized carbons (Fsp3) is 0.923. The minimum atomic E-state index is 0.430. The Hall–Kier alpha value is -0.510. The fourth-order valence-electron chi connectivity index (χ4n) is 1.82. The summed E-state index contributed by atoms with van der Waals surface area (Å²) in [5.74, 6) is 1.29. The maximum atomic E-state index is 8.66. The Morgan fingerprint density at radius 2 is 1.86 bits per heavy atom. The van der Waals surface area contributed by atoms with Gasteiger partial charge in [-0.25, -0.2) is 0 Å². The van der Waals surface area contributed by atoms with Crippen molar-refractivity contribution in [2.24, 2.45) is 17.3 Å². The topological polar surface area (TPSA) is 23.8 Å². The third-order valence-corrected chi connectivity index (χ3v) is 3.01. The van der Waals surface area contributed by atoms with Crippen molar-refractivity contribution < 1.29 is 0 Å². The molecular weight excluding hydrogens is 170 g/mol. The lowest BCUT2D eigenvalue weighted by Crippen LogP contribution is -2.14. The summed E-state index contributed by atoms with van der Waals surface area (Å²) in [6.45, 7) is 11.3. The molecule has 0 N–H and O–H groups in total. The van der Waals surface area contributed by atoms with Crippen molar-refractivity contribution >= 4 is 0 Å². The maximum Gasteiger partial charge on any atom is 0.0624 e. The summed E-state index contributed by atoms with van der Waals surface area (Å²) in [4.78, 5) is 0. The van der Waals surface area contributed by atoms with E-state index in [9.17, 15) is 0 Å². The predicted octanol–water partition coefficient (Wildman–Crippen LogP) is 4.39. The van der Waals surface area contributed by atoms with Gasteiger partial charge in [0.2, 0.25) is 0 Å². The Bertz CT molecular complexity index is 182. The molecule has 0 aromatic heterocycles. The van der Waals surface area contributed by atoms with Gasteiger partial charge >= 0.3 is 0 Å². The molecule has 2 atom stereocenters. The van der Waals surface area contributed by atoms with Crippen LogP contribution in [-0.2, 0) is 0 Å². The highest BCUT2D eigenvalue weighted by Crippen LogP contribution is 2.29. The molecule has 0 aliphatic carbocycles. The number of nitrogens with zero attached hydrogens (tertiary/aromatic N) is 1. The number of hydrogen-bond acceptors (Lipinski definition) is 1. The molecule has 0 radical (unpaired) electrons. The summed E-state index contributed by atoms with van der Waals surface area (Å²) in [7, 11) is 0. The van der Waals surface area contributed by atoms with E-state index in [0.717, 1.165) is 5.92 Å². The van der Waals surface area contributed by atoms with Crippen molar-refractivity contribution in [3.8, 4) is 6.07 Å². The molecule has 0 heterocycles. The van der Waals surface area contributed by atoms with Crippen LogP contribution in [0.5, 0.6) is 0 Å². The van der Waals surface area contributed by atoms with E-state index in [1.807, 2.05) is 0 Å². The van der Waals surface area contributed by atoms with E-state index in [-0.39, 0.29) is 0 Å². The van der Waals surface area contributed by atoms with E-state index in [2.05, 4.69) is 40.7 Å². The van der Waals surface area contributed by atoms with Crippen LogP contribution in [0, 0.1) is 28.6 Å². The summed E-state index contributed by atoms with van der Waals surface area (Å²) in [6, 6.07) is 2.28. The molecular formula is C13H25N. The van der Waals surface area contributed by atoms with Gasteiger partial charge in [-0.15, -0.1) is 0 Å². The van der Waals surface area contributed by atoms with Crippen LogP contribution < -0.4 is 0 Å². The second-order valence-corrected chi connectivity index (χ2v) is 5.61. The molecule has 1 nitrogen and oxygen atoms in total. The van der Waals surface area contributed by atoms with Crippen LogP contribution in [0.2, 0.25) is 0 Å². The molecule has 0 rings (SSSR count). The standard InChI is InChI=1S/C13H25N/c1-6-12(11(2)8-10-14)7-9-13(3,4)5/h11-12H,6-9H2,1-5H3/t11-,12?/m0/s1. The van der Waals surface area contributed by atoms with Crippen molar-refractivity contribution in [1.29, 1.82) is 5.26 Å². The summed E-state index contributed by atoms with van der Waals surface area (Å²) in [6.07, 6.45) is 4.45. The van der Waals surface area contributed by atoms with Gasteiger partial charge in [-0.3, -0.25) is 0 Å². The molecule has 0 aliphatic heterocycles. The zero-order chi connectivity index (χ0) is 11.2. The van der Waals surface area contributed by atoms with Crippen molar-refractivity contribution in [3.05, 3.63) is 0 Å². The minimum absolute atomic E-state index is 0.430. The summed E-state index contributed by atoms with van der Waals surface area (Å²) >= 11 is 0. The van der Waals surface area contributed by atoms with E-state index in [4.69, 9.17) is 5.26 Å². The van der Waals surface area contributed by atoms with Gasteiger partial charge in [0.05, 0.1) is 6.07 Å². The van der Waals surface area contributed by atoms with E-state index in [0.29, 0.717) is 17.8 Å². The van der Waals surface area contributed by atoms with Gasteiger partial charge < -0.3 is 0 Å². The van der Waals surface area contributed by atoms with E-state index in [1.54, 1.807) is 0 Å². The Balaban J connectivity index is 3.98. The van der Waals surface area contributed by atoms with Crippen LogP contribution in [0.3, 0.4) is 0 Å². The van der Waals surface area contributed by atoms with Crippen LogP contribution in [0.1, 0.15) is 60.3 Å². The van der Waals surface area contributed by atoms with Gasteiger partial charge in [0.25, 0.3) is 0 Å². The normalized spacial score (nSPS) is 16.0. The van der Waals surface area contributed by atoms with Crippen molar-refractivity contribution in [1.82, 2.24) is 0 Å². The molecule has 0 aromatic rings. The number of rotatable bonds is 5. The second kappa shape index (κ2) is 6.06. The van der Waals surface area contributed by atoms with Crippen molar-refractivity contribution in [3.63, 3.8) is 0 Å². The molecule has 0 fully saturated rings. The summed E-state index contributed by atoms with van der Waals surface area (Å²) < 4.78 is 0. The summed E-state index contributed by atoms with van der Waals surface area (Å²) in [5.41, 5.74) is 0.430. The Morgan fingerprint density at radius 1 is 1.29 bits per heavy atom. The maximum absolute atomic E-state index is 8.66. The highest BCUT2D eigenvalue weighted by Gasteiger charge is 2.18. The minimum Gasteiger partial charge on any atom is -0.198 e. The average molecular weight is 195 g/mol. The molecule has 0 saturated carbocycles. The van der Waals surface area contributed by atoms with Gasteiger partial charge in [-0.1, -0.05) is 41.0 Å². The lowest BCUT2D eigenvalue weighted by molar-refractivity contribution is 0.265. The molecule has 0 aromatic carbocycles. The highest BCUT2D eigenvalue weighted by atomic mass is 14.3. The van der Waals surface area contributed by atoms with Crippen LogP contribution in [0.25, 0.3) is 0 Å². The van der Waals surface area contributed by atoms with Crippen LogP contribution in [-0.4, -0.2) is 0 Å². The Labute approximate surface area is 89.5 Å². The fourth-order valence-corrected chi connectivity index (χ4v) is 1.82. The molecule has 14 heavy (non-hydrogen) atoms. The molecule has 1 unspecified atom stereocenters. The van der Waals surface area contributed by atoms with Gasteiger partial charge in [-0.2, -0.15) is 5.26 Å². The third kappa shape index (κ3) is 6.02. The molecule has 82 valence electrons. The smallest absolute Gasteiger partial charge is 0.0624 e. The van der Waals surface area contributed by atoms with Gasteiger partial charge in [0.1, 0.15) is 0 Å². The first-order chi connectivity index (χ1) is 6.40. The Kier molecular flexibility index (Phi) is 5.84. The SMILES string of the molecule is CCC(CCC(C)(C)C)[C@@H](C)CC#N. The van der Waals surface area contributed by atoms with Crippen molar-refractivity contribution in [2.45, 2.75) is 60.3 Å². The quantitative estimate of drug-likeness (QED) is 0.638. The van der Waals surface area contributed by atoms with Crippen molar-refractivity contribution in [2.75, 3.05) is 0 Å². The van der Waals surface area contributed by atoms with Crippen LogP contribution >= 0.6 is 0 Å². The molecule has 0 spiro atoms. The lowest BCUT2D eigenvalue weighted by atomic mass is 9.80. The zero-order valence-electron chi connectivity index (χ0n) is 10.4. The predicted molar refractivity (Wildman–Crippen MR) is 61.9 cm³/mol. The molecule has 1 heteroatoms. The molecule has 0 aliphatic rings. The van der Waals surface area contributed by atoms with Gasteiger partial charge in [-0.05, 0) is 30.1 Å². The van der Waals surface area contributed by atoms with Crippen LogP contribution in [0.15, 0.2) is 0 Å². The monoisotopic (exact) mass is 195 g/mol. The zero-order valence-corrected chi connectivity index (χ0v) is 10.4. The van der Waals surface area contributed by atoms with E-state index in [1.165, 1.54) is 19.3 Å². The average Bonchev–Trinajstić information content (AvgIpc) is 2.03. The molecule has 0 amide bonds. The molecule has 0 saturated heterocycles. The number of hydrogen-bond donors (Lipinski definition) is 0. The highest BCUT2D eigenvalue weighted by molar-refractivity contribution is 4.78. The largest absolute Gasteiger partial charge is 0.198 e. The molecule has 0 bridgehead atoms. The van der Waals surface area contributed by atoms with E-state index < -0.39 is 0 Å². The number of nitriles is 1. The second-order valence-electron chi connectivity index (χ2n) is 5.61. The van der Waals surface area contributed by atoms with Gasteiger partial charge in [0, 0.05) is 6.42 Å². The van der Waals surface area contributed by atoms with E-state index >= 15 is 0 Å². The first-order valence-electron chi connectivity index (χ1n) is 5.77. The summed E-state index contributed by atoms with van der Waals surface area (Å²) in [5, 5.41) is 8.66.